The van der Waals surface area contributed by atoms with Crippen LogP contribution < -0.4 is 5.73 Å². The van der Waals surface area contributed by atoms with Gasteiger partial charge in [0.2, 0.25) is 0 Å². The Kier molecular flexibility index (Phi) is 2.67. The lowest BCUT2D eigenvalue weighted by Gasteiger charge is -2.29. The van der Waals surface area contributed by atoms with Gasteiger partial charge in [0, 0.05) is 6.04 Å². The molecule has 0 aliphatic carbocycles. The van der Waals surface area contributed by atoms with Crippen molar-refractivity contribution >= 4 is 11.3 Å². The van der Waals surface area contributed by atoms with Gasteiger partial charge < -0.3 is 10.5 Å². The van der Waals surface area contributed by atoms with E-state index >= 15 is 0 Å². The van der Waals surface area contributed by atoms with Crippen molar-refractivity contribution in [3.8, 4) is 0 Å². The summed E-state index contributed by atoms with van der Waals surface area (Å²) >= 11 is 1.35. The second-order valence-electron chi connectivity index (χ2n) is 3.48. The van der Waals surface area contributed by atoms with Crippen LogP contribution in [0.4, 0.5) is 4.39 Å². The Morgan fingerprint density at radius 3 is 3.00 bits per heavy atom. The first kappa shape index (κ1) is 9.83. The van der Waals surface area contributed by atoms with E-state index in [1.807, 2.05) is 0 Å². The van der Waals surface area contributed by atoms with Gasteiger partial charge in [0.1, 0.15) is 11.9 Å². The highest BCUT2D eigenvalue weighted by Gasteiger charge is 2.28. The van der Waals surface area contributed by atoms with E-state index in [9.17, 15) is 4.39 Å². The van der Waals surface area contributed by atoms with E-state index in [4.69, 9.17) is 10.5 Å². The molecule has 1 saturated heterocycles. The Labute approximate surface area is 86.2 Å². The van der Waals surface area contributed by atoms with E-state index in [1.165, 1.54) is 17.4 Å². The number of nitrogens with two attached hydrogens (primary N) is 1. The molecule has 76 valence electrons. The Balaban J connectivity index is 2.19. The zero-order chi connectivity index (χ0) is 10.1. The minimum absolute atomic E-state index is 0.176. The Bertz CT molecular complexity index is 350. The van der Waals surface area contributed by atoms with E-state index in [1.54, 1.807) is 5.38 Å². The molecular formula is C10H12FNOS. The van der Waals surface area contributed by atoms with Crippen LogP contribution in [-0.2, 0) is 4.74 Å². The largest absolute Gasteiger partial charge is 0.367 e. The van der Waals surface area contributed by atoms with Crippen LogP contribution in [0.25, 0.3) is 0 Å². The molecule has 2 nitrogen and oxygen atoms in total. The first-order chi connectivity index (χ1) is 6.68. The fraction of sp³-hybridized carbons (Fsp3) is 0.400. The Morgan fingerprint density at radius 2 is 2.43 bits per heavy atom. The van der Waals surface area contributed by atoms with Crippen LogP contribution in [0.1, 0.15) is 17.4 Å². The summed E-state index contributed by atoms with van der Waals surface area (Å²) in [6, 6.07) is 1.27. The summed E-state index contributed by atoms with van der Waals surface area (Å²) in [5, 5.41) is 1.71. The third kappa shape index (κ3) is 1.73. The third-order valence-electron chi connectivity index (χ3n) is 2.28. The topological polar surface area (TPSA) is 35.2 Å². The second-order valence-corrected chi connectivity index (χ2v) is 4.43. The fourth-order valence-electron chi connectivity index (χ4n) is 1.61. The van der Waals surface area contributed by atoms with Gasteiger partial charge in [-0.1, -0.05) is 12.2 Å². The van der Waals surface area contributed by atoms with Gasteiger partial charge in [-0.3, -0.25) is 0 Å². The van der Waals surface area contributed by atoms with E-state index in [2.05, 4.69) is 6.58 Å². The summed E-state index contributed by atoms with van der Waals surface area (Å²) in [5.74, 6) is -0.219. The van der Waals surface area contributed by atoms with Crippen molar-refractivity contribution in [3.63, 3.8) is 0 Å². The monoisotopic (exact) mass is 213 g/mol. The van der Waals surface area contributed by atoms with Gasteiger partial charge in [0.25, 0.3) is 0 Å². The number of halogens is 1. The van der Waals surface area contributed by atoms with Gasteiger partial charge in [0.05, 0.1) is 11.5 Å². The molecule has 1 aliphatic rings. The van der Waals surface area contributed by atoms with Crippen molar-refractivity contribution < 1.29 is 9.13 Å². The molecule has 1 fully saturated rings. The van der Waals surface area contributed by atoms with Gasteiger partial charge in [-0.25, -0.2) is 4.39 Å². The molecule has 2 unspecified atom stereocenters. The highest BCUT2D eigenvalue weighted by molar-refractivity contribution is 7.10. The minimum atomic E-state index is -0.305. The van der Waals surface area contributed by atoms with Crippen LogP contribution in [0.15, 0.2) is 23.6 Å². The van der Waals surface area contributed by atoms with Crippen molar-refractivity contribution in [2.45, 2.75) is 18.6 Å². The van der Waals surface area contributed by atoms with E-state index in [0.29, 0.717) is 17.9 Å². The summed E-state index contributed by atoms with van der Waals surface area (Å²) in [4.78, 5) is 0.602. The van der Waals surface area contributed by atoms with Gasteiger partial charge in [0.15, 0.2) is 0 Å². The molecule has 1 aromatic rings. The summed E-state index contributed by atoms with van der Waals surface area (Å²) in [6.45, 7) is 4.29. The van der Waals surface area contributed by atoms with E-state index in [0.717, 1.165) is 5.57 Å². The van der Waals surface area contributed by atoms with Crippen molar-refractivity contribution in [3.05, 3.63) is 34.3 Å². The number of ether oxygens (including phenoxy) is 1. The highest BCUT2D eigenvalue weighted by atomic mass is 32.1. The quantitative estimate of drug-likeness (QED) is 0.726. The van der Waals surface area contributed by atoms with Gasteiger partial charge in [-0.2, -0.15) is 0 Å². The molecule has 2 rings (SSSR count). The molecule has 2 N–H and O–H groups in total. The van der Waals surface area contributed by atoms with Crippen LogP contribution in [0.2, 0.25) is 0 Å². The number of hydrogen-bond acceptors (Lipinski definition) is 3. The fourth-order valence-corrected chi connectivity index (χ4v) is 2.50. The summed E-state index contributed by atoms with van der Waals surface area (Å²) in [5.41, 5.74) is 6.86. The molecule has 0 bridgehead atoms. The summed E-state index contributed by atoms with van der Waals surface area (Å²) < 4.78 is 18.7. The lowest BCUT2D eigenvalue weighted by molar-refractivity contribution is 0.0273. The molecule has 0 radical (unpaired) electrons. The predicted octanol–water partition coefficient (Wildman–Crippen LogP) is 2.23. The average molecular weight is 213 g/mol. The maximum absolute atomic E-state index is 13.3. The van der Waals surface area contributed by atoms with Gasteiger partial charge in [-0.05, 0) is 17.9 Å². The van der Waals surface area contributed by atoms with Crippen LogP contribution in [-0.4, -0.2) is 12.6 Å². The molecule has 0 amide bonds. The standard InChI is InChI=1S/C10H12FNOS/c1-6-4-8(12)9(13-5-6)10-7(11)2-3-14-10/h2-3,8-9H,1,4-5,12H2. The normalized spacial score (nSPS) is 28.0. The lowest BCUT2D eigenvalue weighted by atomic mass is 9.99. The molecule has 1 aliphatic heterocycles. The Hall–Kier alpha value is -0.710. The lowest BCUT2D eigenvalue weighted by Crippen LogP contribution is -2.35. The molecule has 0 saturated carbocycles. The Morgan fingerprint density at radius 1 is 1.64 bits per heavy atom. The first-order valence-corrected chi connectivity index (χ1v) is 5.33. The highest BCUT2D eigenvalue weighted by Crippen LogP contribution is 2.33. The second kappa shape index (κ2) is 3.81. The molecule has 2 atom stereocenters. The minimum Gasteiger partial charge on any atom is -0.367 e. The first-order valence-electron chi connectivity index (χ1n) is 4.45. The van der Waals surface area contributed by atoms with Crippen molar-refractivity contribution in [2.75, 3.05) is 6.61 Å². The van der Waals surface area contributed by atoms with Crippen molar-refractivity contribution in [1.29, 1.82) is 0 Å². The maximum Gasteiger partial charge on any atom is 0.139 e. The molecule has 1 aromatic heterocycles. The number of hydrogen-bond donors (Lipinski definition) is 1. The van der Waals surface area contributed by atoms with Crippen LogP contribution in [0.5, 0.6) is 0 Å². The van der Waals surface area contributed by atoms with Crippen molar-refractivity contribution in [1.82, 2.24) is 0 Å². The molecular weight excluding hydrogens is 201 g/mol. The van der Waals surface area contributed by atoms with Crippen LogP contribution >= 0.6 is 11.3 Å². The molecule has 14 heavy (non-hydrogen) atoms. The number of rotatable bonds is 1. The summed E-state index contributed by atoms with van der Waals surface area (Å²) in [6.07, 6.45) is 0.405. The third-order valence-corrected chi connectivity index (χ3v) is 3.24. The molecule has 2 heterocycles. The molecule has 0 spiro atoms. The smallest absolute Gasteiger partial charge is 0.139 e. The van der Waals surface area contributed by atoms with E-state index in [-0.39, 0.29) is 18.0 Å². The van der Waals surface area contributed by atoms with E-state index < -0.39 is 0 Å². The number of thiophene rings is 1. The zero-order valence-electron chi connectivity index (χ0n) is 7.70. The maximum atomic E-state index is 13.3. The van der Waals surface area contributed by atoms with Gasteiger partial charge in [-0.15, -0.1) is 11.3 Å². The summed E-state index contributed by atoms with van der Waals surface area (Å²) in [7, 11) is 0. The van der Waals surface area contributed by atoms with Crippen LogP contribution in [0, 0.1) is 5.82 Å². The average Bonchev–Trinajstić information content (AvgIpc) is 2.52. The van der Waals surface area contributed by atoms with Gasteiger partial charge >= 0.3 is 0 Å². The SMILES string of the molecule is C=C1COC(c2sccc2F)C(N)C1. The van der Waals surface area contributed by atoms with Crippen LogP contribution in [0.3, 0.4) is 0 Å². The predicted molar refractivity (Wildman–Crippen MR) is 54.7 cm³/mol. The van der Waals surface area contributed by atoms with Crippen molar-refractivity contribution in [2.24, 2.45) is 5.73 Å². The molecule has 4 heteroatoms. The zero-order valence-corrected chi connectivity index (χ0v) is 8.52. The molecule has 0 aromatic carbocycles.